The quantitative estimate of drug-likeness (QED) is 0.792. The van der Waals surface area contributed by atoms with Crippen LogP contribution in [0.4, 0.5) is 0 Å². The number of nitrogens with two attached hydrogens (primary N) is 1. The molecule has 21 heavy (non-hydrogen) atoms. The van der Waals surface area contributed by atoms with E-state index in [2.05, 4.69) is 20.5 Å². The first-order valence-corrected chi connectivity index (χ1v) is 6.74. The Morgan fingerprint density at radius 2 is 2.10 bits per heavy atom. The maximum atomic E-state index is 5.84. The van der Waals surface area contributed by atoms with Crippen molar-refractivity contribution in [2.75, 3.05) is 0 Å². The average Bonchev–Trinajstić information content (AvgIpc) is 3.10. The molecule has 2 N–H and O–H groups in total. The molecule has 3 rings (SSSR count). The fourth-order valence-corrected chi connectivity index (χ4v) is 1.90. The molecule has 0 radical (unpaired) electrons. The van der Waals surface area contributed by atoms with Gasteiger partial charge in [0.05, 0.1) is 11.9 Å². The summed E-state index contributed by atoms with van der Waals surface area (Å²) in [7, 11) is 0. The van der Waals surface area contributed by atoms with E-state index in [1.165, 1.54) is 0 Å². The largest absolute Gasteiger partial charge is 0.334 e. The van der Waals surface area contributed by atoms with E-state index in [1.807, 2.05) is 19.1 Å². The molecule has 2 aromatic heterocycles. The van der Waals surface area contributed by atoms with Gasteiger partial charge in [0, 0.05) is 16.6 Å². The minimum Gasteiger partial charge on any atom is -0.334 e. The highest BCUT2D eigenvalue weighted by Crippen LogP contribution is 2.19. The van der Waals surface area contributed by atoms with E-state index in [1.54, 1.807) is 23.0 Å². The number of rotatable bonds is 4. The monoisotopic (exact) mass is 304 g/mol. The Morgan fingerprint density at radius 3 is 2.76 bits per heavy atom. The number of aromatic nitrogens is 5. The highest BCUT2D eigenvalue weighted by molar-refractivity contribution is 6.30. The molecule has 0 fully saturated rings. The third-order valence-electron chi connectivity index (χ3n) is 2.89. The third kappa shape index (κ3) is 3.09. The number of hydrogen-bond donors (Lipinski definition) is 1. The van der Waals surface area contributed by atoms with Gasteiger partial charge in [-0.25, -0.2) is 4.68 Å². The topological polar surface area (TPSA) is 95.7 Å². The summed E-state index contributed by atoms with van der Waals surface area (Å²) >= 11 is 5.84. The van der Waals surface area contributed by atoms with Crippen LogP contribution < -0.4 is 5.73 Å². The van der Waals surface area contributed by atoms with Gasteiger partial charge in [-0.1, -0.05) is 22.0 Å². The lowest BCUT2D eigenvalue weighted by Gasteiger charge is -1.96. The summed E-state index contributed by atoms with van der Waals surface area (Å²) in [6, 6.07) is 7.03. The molecule has 8 heteroatoms. The fraction of sp³-hybridized carbons (Fsp3) is 0.231. The molecular weight excluding hydrogens is 292 g/mol. The fourth-order valence-electron chi connectivity index (χ4n) is 1.77. The van der Waals surface area contributed by atoms with Gasteiger partial charge in [0.15, 0.2) is 5.82 Å². The molecule has 0 saturated heterocycles. The van der Waals surface area contributed by atoms with Crippen LogP contribution in [0.1, 0.15) is 24.5 Å². The third-order valence-corrected chi connectivity index (χ3v) is 3.14. The Bertz CT molecular complexity index is 733. The summed E-state index contributed by atoms with van der Waals surface area (Å²) in [6.45, 7) is 2.22. The van der Waals surface area contributed by atoms with Crippen molar-refractivity contribution in [2.24, 2.45) is 5.73 Å². The average molecular weight is 305 g/mol. The Kier molecular flexibility index (Phi) is 3.68. The standard InChI is InChI=1S/C13H13ClN6O/c1-8(15)11-6-20(19-17-11)7-12-16-13(21-18-12)9-2-4-10(14)5-3-9/h2-6,8H,7,15H2,1H3. The summed E-state index contributed by atoms with van der Waals surface area (Å²) in [5.74, 6) is 0.954. The lowest BCUT2D eigenvalue weighted by atomic mass is 10.2. The minimum absolute atomic E-state index is 0.159. The molecule has 0 aliphatic rings. The predicted molar refractivity (Wildman–Crippen MR) is 76.5 cm³/mol. The van der Waals surface area contributed by atoms with Crippen LogP contribution >= 0.6 is 11.6 Å². The normalized spacial score (nSPS) is 12.5. The van der Waals surface area contributed by atoms with Crippen molar-refractivity contribution in [2.45, 2.75) is 19.5 Å². The van der Waals surface area contributed by atoms with Crippen LogP contribution in [0.2, 0.25) is 5.02 Å². The molecule has 0 aliphatic carbocycles. The number of benzene rings is 1. The molecular formula is C13H13ClN6O. The molecule has 0 spiro atoms. The molecule has 108 valence electrons. The first-order chi connectivity index (χ1) is 10.1. The summed E-state index contributed by atoms with van der Waals surface area (Å²) in [4.78, 5) is 4.32. The molecule has 1 atom stereocenters. The molecule has 1 unspecified atom stereocenters. The molecule has 3 aromatic rings. The molecule has 0 saturated carbocycles. The van der Waals surface area contributed by atoms with Gasteiger partial charge in [-0.05, 0) is 31.2 Å². The zero-order valence-electron chi connectivity index (χ0n) is 11.3. The van der Waals surface area contributed by atoms with Gasteiger partial charge in [0.25, 0.3) is 5.89 Å². The van der Waals surface area contributed by atoms with E-state index in [9.17, 15) is 0 Å². The van der Waals surface area contributed by atoms with Gasteiger partial charge in [-0.15, -0.1) is 5.10 Å². The number of hydrogen-bond acceptors (Lipinski definition) is 6. The summed E-state index contributed by atoms with van der Waals surface area (Å²) < 4.78 is 6.85. The Morgan fingerprint density at radius 1 is 1.33 bits per heavy atom. The van der Waals surface area contributed by atoms with E-state index in [4.69, 9.17) is 21.9 Å². The molecule has 7 nitrogen and oxygen atoms in total. The van der Waals surface area contributed by atoms with Crippen molar-refractivity contribution < 1.29 is 4.52 Å². The Hall–Kier alpha value is -2.25. The predicted octanol–water partition coefficient (Wildman–Crippen LogP) is 2.05. The van der Waals surface area contributed by atoms with Crippen molar-refractivity contribution in [3.63, 3.8) is 0 Å². The highest BCUT2D eigenvalue weighted by atomic mass is 35.5. The maximum absolute atomic E-state index is 5.84. The van der Waals surface area contributed by atoms with E-state index in [-0.39, 0.29) is 6.04 Å². The van der Waals surface area contributed by atoms with E-state index < -0.39 is 0 Å². The molecule has 0 aliphatic heterocycles. The lowest BCUT2D eigenvalue weighted by Crippen LogP contribution is -2.05. The molecule has 0 bridgehead atoms. The highest BCUT2D eigenvalue weighted by Gasteiger charge is 2.11. The van der Waals surface area contributed by atoms with E-state index >= 15 is 0 Å². The van der Waals surface area contributed by atoms with Crippen LogP contribution in [0.25, 0.3) is 11.5 Å². The van der Waals surface area contributed by atoms with Crippen molar-refractivity contribution in [1.82, 2.24) is 25.1 Å². The molecule has 0 amide bonds. The minimum atomic E-state index is -0.159. The second-order valence-electron chi connectivity index (χ2n) is 4.65. The van der Waals surface area contributed by atoms with Crippen molar-refractivity contribution >= 4 is 11.6 Å². The molecule has 1 aromatic carbocycles. The van der Waals surface area contributed by atoms with Crippen LogP contribution in [0.5, 0.6) is 0 Å². The first-order valence-electron chi connectivity index (χ1n) is 6.36. The van der Waals surface area contributed by atoms with Gasteiger partial charge in [-0.3, -0.25) is 0 Å². The van der Waals surface area contributed by atoms with Gasteiger partial charge in [0.1, 0.15) is 6.54 Å². The van der Waals surface area contributed by atoms with Gasteiger partial charge in [-0.2, -0.15) is 4.98 Å². The summed E-state index contributed by atoms with van der Waals surface area (Å²) in [5, 5.41) is 12.5. The first kappa shape index (κ1) is 13.7. The summed E-state index contributed by atoms with van der Waals surface area (Å²) in [5.41, 5.74) is 7.27. The van der Waals surface area contributed by atoms with Crippen molar-refractivity contribution in [3.8, 4) is 11.5 Å². The maximum Gasteiger partial charge on any atom is 0.257 e. The van der Waals surface area contributed by atoms with Crippen LogP contribution in [-0.4, -0.2) is 25.1 Å². The number of nitrogens with zero attached hydrogens (tertiary/aromatic N) is 5. The van der Waals surface area contributed by atoms with Gasteiger partial charge < -0.3 is 10.3 Å². The van der Waals surface area contributed by atoms with Crippen LogP contribution in [0.15, 0.2) is 35.0 Å². The van der Waals surface area contributed by atoms with Crippen LogP contribution in [0.3, 0.4) is 0 Å². The summed E-state index contributed by atoms with van der Waals surface area (Å²) in [6.07, 6.45) is 1.77. The van der Waals surface area contributed by atoms with E-state index in [0.29, 0.717) is 23.3 Å². The van der Waals surface area contributed by atoms with Gasteiger partial charge >= 0.3 is 0 Å². The van der Waals surface area contributed by atoms with Crippen molar-refractivity contribution in [1.29, 1.82) is 0 Å². The SMILES string of the molecule is CC(N)c1cn(Cc2noc(-c3ccc(Cl)cc3)n2)nn1. The zero-order chi connectivity index (χ0) is 14.8. The number of halogens is 1. The van der Waals surface area contributed by atoms with Crippen LogP contribution in [0, 0.1) is 0 Å². The second-order valence-corrected chi connectivity index (χ2v) is 5.09. The zero-order valence-corrected chi connectivity index (χ0v) is 12.0. The lowest BCUT2D eigenvalue weighted by molar-refractivity contribution is 0.418. The van der Waals surface area contributed by atoms with Gasteiger partial charge in [0.2, 0.25) is 0 Å². The Labute approximate surface area is 125 Å². The second kappa shape index (κ2) is 5.63. The smallest absolute Gasteiger partial charge is 0.257 e. The van der Waals surface area contributed by atoms with Crippen molar-refractivity contribution in [3.05, 3.63) is 47.0 Å². The molecule has 2 heterocycles. The van der Waals surface area contributed by atoms with Crippen LogP contribution in [-0.2, 0) is 6.54 Å². The van der Waals surface area contributed by atoms with E-state index in [0.717, 1.165) is 11.3 Å². The Balaban J connectivity index is 1.76.